The summed E-state index contributed by atoms with van der Waals surface area (Å²) < 4.78 is 6.39. The van der Waals surface area contributed by atoms with Crippen molar-refractivity contribution in [2.24, 2.45) is 0 Å². The lowest BCUT2D eigenvalue weighted by atomic mass is 10.3. The minimum absolute atomic E-state index is 0.766. The molecule has 0 unspecified atom stereocenters. The van der Waals surface area contributed by atoms with E-state index in [-0.39, 0.29) is 0 Å². The predicted octanol–water partition coefficient (Wildman–Crippen LogP) is 3.35. The third kappa shape index (κ3) is 1.41. The summed E-state index contributed by atoms with van der Waals surface area (Å²) in [7, 11) is 0. The van der Waals surface area contributed by atoms with Gasteiger partial charge in [-0.3, -0.25) is 4.98 Å². The van der Waals surface area contributed by atoms with Crippen LogP contribution in [0.3, 0.4) is 0 Å². The first-order valence-corrected chi connectivity index (χ1v) is 5.96. The van der Waals surface area contributed by atoms with Gasteiger partial charge >= 0.3 is 0 Å². The van der Waals surface area contributed by atoms with Crippen molar-refractivity contribution in [2.45, 2.75) is 5.33 Å². The van der Waals surface area contributed by atoms with Crippen molar-refractivity contribution in [2.75, 3.05) is 0 Å². The second-order valence-electron chi connectivity index (χ2n) is 2.26. The number of aromatic nitrogens is 2. The van der Waals surface area contributed by atoms with Gasteiger partial charge < -0.3 is 0 Å². The van der Waals surface area contributed by atoms with Gasteiger partial charge in [-0.05, 0) is 33.5 Å². The van der Waals surface area contributed by atoms with Gasteiger partial charge in [-0.1, -0.05) is 15.9 Å². The topological polar surface area (TPSA) is 25.8 Å². The van der Waals surface area contributed by atoms with E-state index in [1.807, 2.05) is 6.07 Å². The van der Waals surface area contributed by atoms with Gasteiger partial charge in [0.25, 0.3) is 0 Å². The molecule has 2 heterocycles. The summed E-state index contributed by atoms with van der Waals surface area (Å²) >= 11 is 8.22. The van der Waals surface area contributed by atoms with Gasteiger partial charge in [-0.15, -0.1) is 0 Å². The van der Waals surface area contributed by atoms with E-state index < -0.39 is 0 Å². The van der Waals surface area contributed by atoms with Gasteiger partial charge in [0.1, 0.15) is 5.52 Å². The Bertz CT molecular complexity index is 413. The van der Waals surface area contributed by atoms with Crippen molar-refractivity contribution >= 4 is 53.6 Å². The molecule has 0 amide bonds. The minimum atomic E-state index is 0.766. The molecule has 0 bridgehead atoms. The molecule has 2 rings (SSSR count). The minimum Gasteiger partial charge on any atom is -0.252 e. The van der Waals surface area contributed by atoms with Gasteiger partial charge in [-0.25, -0.2) is 0 Å². The van der Waals surface area contributed by atoms with E-state index in [1.165, 1.54) is 11.5 Å². The molecule has 2 nitrogen and oxygen atoms in total. The summed E-state index contributed by atoms with van der Waals surface area (Å²) in [5.41, 5.74) is 2.02. The number of alkyl halides is 1. The Labute approximate surface area is 90.4 Å². The van der Waals surface area contributed by atoms with Gasteiger partial charge in [0.2, 0.25) is 0 Å². The molecule has 0 saturated carbocycles. The highest BCUT2D eigenvalue weighted by Gasteiger charge is 2.05. The Morgan fingerprint density at radius 1 is 1.50 bits per heavy atom. The maximum absolute atomic E-state index is 4.28. The maximum Gasteiger partial charge on any atom is 0.105 e. The van der Waals surface area contributed by atoms with E-state index in [4.69, 9.17) is 0 Å². The smallest absolute Gasteiger partial charge is 0.105 e. The maximum atomic E-state index is 4.28. The Morgan fingerprint density at radius 2 is 2.33 bits per heavy atom. The number of hydrogen-bond donors (Lipinski definition) is 0. The van der Waals surface area contributed by atoms with Crippen LogP contribution in [0.1, 0.15) is 5.69 Å². The van der Waals surface area contributed by atoms with Crippen LogP contribution in [0.15, 0.2) is 16.7 Å². The van der Waals surface area contributed by atoms with Crippen LogP contribution >= 0.6 is 43.4 Å². The van der Waals surface area contributed by atoms with Crippen LogP contribution in [-0.2, 0) is 5.33 Å². The number of halogens is 2. The number of fused-ring (bicyclic) bond motifs is 1. The lowest BCUT2D eigenvalue weighted by Gasteiger charge is -1.90. The molecule has 0 fully saturated rings. The molecule has 0 aliphatic carbocycles. The van der Waals surface area contributed by atoms with Crippen LogP contribution < -0.4 is 0 Å². The fourth-order valence-corrected chi connectivity index (χ4v) is 2.78. The largest absolute Gasteiger partial charge is 0.252 e. The molecular weight excluding hydrogens is 304 g/mol. The lowest BCUT2D eigenvalue weighted by molar-refractivity contribution is 1.29. The summed E-state index contributed by atoms with van der Waals surface area (Å²) in [5, 5.41) is 0.766. The third-order valence-electron chi connectivity index (χ3n) is 1.47. The van der Waals surface area contributed by atoms with Crippen LogP contribution in [-0.4, -0.2) is 9.36 Å². The molecule has 0 aliphatic rings. The lowest BCUT2D eigenvalue weighted by Crippen LogP contribution is -1.79. The Morgan fingerprint density at radius 3 is 3.08 bits per heavy atom. The fraction of sp³-hybridized carbons (Fsp3) is 0.143. The van der Waals surface area contributed by atoms with Crippen molar-refractivity contribution in [1.29, 1.82) is 0 Å². The van der Waals surface area contributed by atoms with Gasteiger partial charge in [0.05, 0.1) is 10.4 Å². The summed E-state index contributed by atoms with van der Waals surface area (Å²) in [5.74, 6) is 0. The average Bonchev–Trinajstić information content (AvgIpc) is 2.46. The highest BCUT2D eigenvalue weighted by molar-refractivity contribution is 9.10. The standard InChI is InChI=1S/C7H4Br2N2S/c8-2-5-7-6(12-11-5)1-4(9)3-10-7/h1,3H,2H2. The first-order chi connectivity index (χ1) is 5.81. The van der Waals surface area contributed by atoms with Gasteiger partial charge in [0.15, 0.2) is 0 Å². The molecule has 0 aromatic carbocycles. The monoisotopic (exact) mass is 306 g/mol. The summed E-state index contributed by atoms with van der Waals surface area (Å²) in [6, 6.07) is 2.03. The Hall–Kier alpha value is -0.0000000000000000555. The highest BCUT2D eigenvalue weighted by Crippen LogP contribution is 2.24. The molecule has 0 atom stereocenters. The Kier molecular flexibility index (Phi) is 2.43. The number of pyridine rings is 1. The van der Waals surface area contributed by atoms with E-state index in [0.717, 1.165) is 25.7 Å². The zero-order chi connectivity index (χ0) is 8.55. The number of hydrogen-bond acceptors (Lipinski definition) is 3. The second kappa shape index (κ2) is 3.40. The average molecular weight is 308 g/mol. The van der Waals surface area contributed by atoms with Crippen molar-refractivity contribution in [3.63, 3.8) is 0 Å². The quantitative estimate of drug-likeness (QED) is 0.755. The van der Waals surface area contributed by atoms with E-state index >= 15 is 0 Å². The highest BCUT2D eigenvalue weighted by atomic mass is 79.9. The molecule has 5 heteroatoms. The molecule has 62 valence electrons. The first-order valence-electron chi connectivity index (χ1n) is 3.27. The zero-order valence-corrected chi connectivity index (χ0v) is 9.91. The van der Waals surface area contributed by atoms with Crippen LogP contribution in [0.25, 0.3) is 10.2 Å². The molecule has 0 N–H and O–H groups in total. The van der Waals surface area contributed by atoms with Crippen LogP contribution in [0.5, 0.6) is 0 Å². The van der Waals surface area contributed by atoms with Crippen LogP contribution in [0.4, 0.5) is 0 Å². The number of rotatable bonds is 1. The second-order valence-corrected chi connectivity index (χ2v) is 4.54. The molecule has 0 spiro atoms. The predicted molar refractivity (Wildman–Crippen MR) is 57.7 cm³/mol. The summed E-state index contributed by atoms with van der Waals surface area (Å²) in [6.45, 7) is 0. The molecular formula is C7H4Br2N2S. The van der Waals surface area contributed by atoms with Crippen molar-refractivity contribution in [3.8, 4) is 0 Å². The molecule has 0 saturated heterocycles. The normalized spacial score (nSPS) is 10.8. The SMILES string of the molecule is BrCc1nsc2cc(Br)cnc12. The van der Waals surface area contributed by atoms with Crippen LogP contribution in [0, 0.1) is 0 Å². The molecule has 0 aliphatic heterocycles. The van der Waals surface area contributed by atoms with Crippen molar-refractivity contribution in [1.82, 2.24) is 9.36 Å². The van der Waals surface area contributed by atoms with Crippen molar-refractivity contribution in [3.05, 3.63) is 22.4 Å². The molecule has 0 radical (unpaired) electrons. The van der Waals surface area contributed by atoms with Gasteiger partial charge in [0, 0.05) is 16.0 Å². The summed E-state index contributed by atoms with van der Waals surface area (Å²) in [4.78, 5) is 4.28. The van der Waals surface area contributed by atoms with Crippen LogP contribution in [0.2, 0.25) is 0 Å². The van der Waals surface area contributed by atoms with Crippen molar-refractivity contribution < 1.29 is 0 Å². The molecule has 2 aromatic rings. The Balaban J connectivity index is 2.73. The van der Waals surface area contributed by atoms with E-state index in [0.29, 0.717) is 0 Å². The van der Waals surface area contributed by atoms with E-state index in [1.54, 1.807) is 6.20 Å². The molecule has 12 heavy (non-hydrogen) atoms. The third-order valence-corrected chi connectivity index (χ3v) is 3.26. The fourth-order valence-electron chi connectivity index (χ4n) is 0.942. The van der Waals surface area contributed by atoms with Gasteiger partial charge in [-0.2, -0.15) is 4.37 Å². The number of nitrogens with zero attached hydrogens (tertiary/aromatic N) is 2. The molecule has 2 aromatic heterocycles. The van der Waals surface area contributed by atoms with E-state index in [9.17, 15) is 0 Å². The zero-order valence-electron chi connectivity index (χ0n) is 5.92. The first kappa shape index (κ1) is 8.59. The summed E-state index contributed by atoms with van der Waals surface area (Å²) in [6.07, 6.45) is 1.79. The van der Waals surface area contributed by atoms with E-state index in [2.05, 4.69) is 41.2 Å².